The van der Waals surface area contributed by atoms with Gasteiger partial charge in [-0.25, -0.2) is 9.59 Å². The van der Waals surface area contributed by atoms with Crippen molar-refractivity contribution in [2.24, 2.45) is 0 Å². The highest BCUT2D eigenvalue weighted by molar-refractivity contribution is 5.92. The highest BCUT2D eigenvalue weighted by Crippen LogP contribution is 2.22. The minimum Gasteiger partial charge on any atom is -0.490 e. The maximum atomic E-state index is 12.5. The fraction of sp³-hybridized carbons (Fsp3) is 0.265. The van der Waals surface area contributed by atoms with Gasteiger partial charge in [0.1, 0.15) is 29.6 Å². The van der Waals surface area contributed by atoms with Crippen LogP contribution in [-0.4, -0.2) is 24.5 Å². The summed E-state index contributed by atoms with van der Waals surface area (Å²) in [4.78, 5) is 37.0. The van der Waals surface area contributed by atoms with E-state index in [1.807, 2.05) is 6.08 Å². The molecule has 7 heteroatoms. The second-order valence-corrected chi connectivity index (χ2v) is 9.32. The fourth-order valence-electron chi connectivity index (χ4n) is 3.86. The Morgan fingerprint density at radius 1 is 0.537 bits per heavy atom. The topological polar surface area (TPSA) is 88.1 Å². The van der Waals surface area contributed by atoms with Gasteiger partial charge in [-0.2, -0.15) is 0 Å². The van der Waals surface area contributed by atoms with Crippen LogP contribution in [0.4, 0.5) is 0 Å². The predicted molar refractivity (Wildman–Crippen MR) is 158 cm³/mol. The van der Waals surface area contributed by atoms with Gasteiger partial charge in [0.2, 0.25) is 0 Å². The van der Waals surface area contributed by atoms with Gasteiger partial charge in [0.25, 0.3) is 0 Å². The summed E-state index contributed by atoms with van der Waals surface area (Å²) in [6.45, 7) is 7.69. The van der Waals surface area contributed by atoms with E-state index in [-0.39, 0.29) is 11.7 Å². The Bertz CT molecular complexity index is 1280. The Labute approximate surface area is 241 Å². The monoisotopic (exact) mass is 556 g/mol. The average Bonchev–Trinajstić information content (AvgIpc) is 2.99. The first-order valence-electron chi connectivity index (χ1n) is 13.8. The predicted octanol–water partition coefficient (Wildman–Crippen LogP) is 7.90. The van der Waals surface area contributed by atoms with Crippen LogP contribution in [0.15, 0.2) is 98.1 Å². The average molecular weight is 557 g/mol. The molecule has 0 heterocycles. The SMILES string of the molecule is C=CCCCCCCCCC(=O)Oc1ccc(C(=O)Oc2ccc(OC(=O)c3ccc(OCC=C)cc3)cc2)cc1. The molecule has 0 aliphatic rings. The van der Waals surface area contributed by atoms with Crippen LogP contribution in [0, 0.1) is 0 Å². The van der Waals surface area contributed by atoms with E-state index in [1.54, 1.807) is 42.5 Å². The van der Waals surface area contributed by atoms with Crippen molar-refractivity contribution in [2.45, 2.75) is 51.4 Å². The molecule has 0 radical (unpaired) electrons. The number of ether oxygens (including phenoxy) is 4. The minimum atomic E-state index is -0.570. The molecule has 0 aliphatic carbocycles. The number of allylic oxidation sites excluding steroid dienone is 1. The third-order valence-electron chi connectivity index (χ3n) is 6.06. The molecular formula is C34H36O7. The molecule has 0 saturated carbocycles. The maximum absolute atomic E-state index is 12.5. The second kappa shape index (κ2) is 17.1. The highest BCUT2D eigenvalue weighted by atomic mass is 16.5. The quantitative estimate of drug-likeness (QED) is 0.0722. The molecule has 3 aromatic carbocycles. The zero-order valence-corrected chi connectivity index (χ0v) is 23.2. The summed E-state index contributed by atoms with van der Waals surface area (Å²) in [5.41, 5.74) is 0.670. The lowest BCUT2D eigenvalue weighted by Gasteiger charge is -2.08. The van der Waals surface area contributed by atoms with Crippen LogP contribution in [0.5, 0.6) is 23.0 Å². The van der Waals surface area contributed by atoms with E-state index in [2.05, 4.69) is 13.2 Å². The van der Waals surface area contributed by atoms with Crippen molar-refractivity contribution in [3.8, 4) is 23.0 Å². The summed E-state index contributed by atoms with van der Waals surface area (Å²) >= 11 is 0. The van der Waals surface area contributed by atoms with Crippen LogP contribution in [0.2, 0.25) is 0 Å². The Morgan fingerprint density at radius 3 is 1.49 bits per heavy atom. The highest BCUT2D eigenvalue weighted by Gasteiger charge is 2.12. The van der Waals surface area contributed by atoms with E-state index in [1.165, 1.54) is 55.7 Å². The molecule has 0 amide bonds. The first-order valence-corrected chi connectivity index (χ1v) is 13.8. The lowest BCUT2D eigenvalue weighted by Crippen LogP contribution is -2.10. The number of hydrogen-bond acceptors (Lipinski definition) is 7. The third-order valence-corrected chi connectivity index (χ3v) is 6.06. The molecule has 0 aliphatic heterocycles. The van der Waals surface area contributed by atoms with Gasteiger partial charge in [-0.15, -0.1) is 6.58 Å². The fourth-order valence-corrected chi connectivity index (χ4v) is 3.86. The van der Waals surface area contributed by atoms with Crippen LogP contribution in [0.1, 0.15) is 72.1 Å². The van der Waals surface area contributed by atoms with E-state index in [9.17, 15) is 14.4 Å². The largest absolute Gasteiger partial charge is 0.490 e. The number of benzene rings is 3. The smallest absolute Gasteiger partial charge is 0.343 e. The molecule has 0 bridgehead atoms. The van der Waals surface area contributed by atoms with E-state index < -0.39 is 11.9 Å². The Hall–Kier alpha value is -4.65. The normalized spacial score (nSPS) is 10.3. The molecule has 7 nitrogen and oxygen atoms in total. The molecular weight excluding hydrogens is 520 g/mol. The van der Waals surface area contributed by atoms with Crippen LogP contribution in [-0.2, 0) is 4.79 Å². The first-order chi connectivity index (χ1) is 20.0. The van der Waals surface area contributed by atoms with Gasteiger partial charge in [0.15, 0.2) is 0 Å². The summed E-state index contributed by atoms with van der Waals surface area (Å²) in [6.07, 6.45) is 11.4. The number of carbonyl (C=O) groups is 3. The van der Waals surface area contributed by atoms with Crippen molar-refractivity contribution in [3.05, 3.63) is 109 Å². The maximum Gasteiger partial charge on any atom is 0.343 e. The summed E-state index contributed by atoms with van der Waals surface area (Å²) in [5.74, 6) is 0.199. The van der Waals surface area contributed by atoms with Gasteiger partial charge >= 0.3 is 17.9 Å². The van der Waals surface area contributed by atoms with Crippen LogP contribution < -0.4 is 18.9 Å². The summed E-state index contributed by atoms with van der Waals surface area (Å²) in [6, 6.07) is 18.9. The van der Waals surface area contributed by atoms with E-state index in [0.29, 0.717) is 41.4 Å². The van der Waals surface area contributed by atoms with Gasteiger partial charge in [0.05, 0.1) is 11.1 Å². The molecule has 214 valence electrons. The van der Waals surface area contributed by atoms with E-state index >= 15 is 0 Å². The van der Waals surface area contributed by atoms with Crippen molar-refractivity contribution < 1.29 is 33.3 Å². The van der Waals surface area contributed by atoms with Crippen molar-refractivity contribution >= 4 is 17.9 Å². The Morgan fingerprint density at radius 2 is 0.976 bits per heavy atom. The first kappa shape index (κ1) is 30.9. The lowest BCUT2D eigenvalue weighted by atomic mass is 10.1. The van der Waals surface area contributed by atoms with Crippen LogP contribution >= 0.6 is 0 Å². The van der Waals surface area contributed by atoms with Gasteiger partial charge in [0, 0.05) is 6.42 Å². The van der Waals surface area contributed by atoms with E-state index in [0.717, 1.165) is 25.7 Å². The van der Waals surface area contributed by atoms with E-state index in [4.69, 9.17) is 18.9 Å². The molecule has 3 rings (SSSR count). The molecule has 0 aromatic heterocycles. The molecule has 0 spiro atoms. The Kier molecular flexibility index (Phi) is 12.9. The molecule has 0 fully saturated rings. The summed E-state index contributed by atoms with van der Waals surface area (Å²) in [5, 5.41) is 0. The zero-order valence-electron chi connectivity index (χ0n) is 23.2. The van der Waals surface area contributed by atoms with Crippen molar-refractivity contribution in [2.75, 3.05) is 6.61 Å². The minimum absolute atomic E-state index is 0.287. The molecule has 3 aromatic rings. The molecule has 0 saturated heterocycles. The molecule has 0 N–H and O–H groups in total. The lowest BCUT2D eigenvalue weighted by molar-refractivity contribution is -0.134. The number of carbonyl (C=O) groups excluding carboxylic acids is 3. The summed E-state index contributed by atoms with van der Waals surface area (Å²) in [7, 11) is 0. The number of rotatable bonds is 17. The van der Waals surface area contributed by atoms with Crippen LogP contribution in [0.3, 0.4) is 0 Å². The van der Waals surface area contributed by atoms with Gasteiger partial charge in [-0.3, -0.25) is 4.79 Å². The molecule has 41 heavy (non-hydrogen) atoms. The number of esters is 3. The Balaban J connectivity index is 1.40. The van der Waals surface area contributed by atoms with Crippen molar-refractivity contribution in [3.63, 3.8) is 0 Å². The molecule has 0 atom stereocenters. The number of hydrogen-bond donors (Lipinski definition) is 0. The second-order valence-electron chi connectivity index (χ2n) is 9.32. The standard InChI is InChI=1S/C34H36O7/c1-3-5-6-7-8-9-10-11-12-32(35)39-29-19-15-27(16-20-29)34(37)41-31-23-21-30(22-24-31)40-33(36)26-13-17-28(18-14-26)38-25-4-2/h3-4,13-24H,1-2,5-12,25H2. The summed E-state index contributed by atoms with van der Waals surface area (Å²) < 4.78 is 21.6. The van der Waals surface area contributed by atoms with Gasteiger partial charge in [-0.05, 0) is 92.1 Å². The zero-order chi connectivity index (χ0) is 29.3. The molecule has 0 unspecified atom stereocenters. The van der Waals surface area contributed by atoms with Crippen LogP contribution in [0.25, 0.3) is 0 Å². The third kappa shape index (κ3) is 11.2. The van der Waals surface area contributed by atoms with Crippen molar-refractivity contribution in [1.29, 1.82) is 0 Å². The van der Waals surface area contributed by atoms with Gasteiger partial charge < -0.3 is 18.9 Å². The number of unbranched alkanes of at least 4 members (excludes halogenated alkanes) is 6. The van der Waals surface area contributed by atoms with Crippen molar-refractivity contribution in [1.82, 2.24) is 0 Å². The van der Waals surface area contributed by atoms with Gasteiger partial charge in [-0.1, -0.05) is 44.4 Å².